The highest BCUT2D eigenvalue weighted by molar-refractivity contribution is 7.88. The first kappa shape index (κ1) is 14.7. The van der Waals surface area contributed by atoms with Crippen LogP contribution in [-0.4, -0.2) is 42.3 Å². The summed E-state index contributed by atoms with van der Waals surface area (Å²) in [6, 6.07) is 3.62. The second kappa shape index (κ2) is 6.15. The topological polar surface area (TPSA) is 63.2 Å². The Morgan fingerprint density at radius 3 is 2.74 bits per heavy atom. The van der Waals surface area contributed by atoms with Gasteiger partial charge in [-0.25, -0.2) is 12.7 Å². The summed E-state index contributed by atoms with van der Waals surface area (Å²) in [5.41, 5.74) is 0.919. The molecule has 1 aliphatic rings. The summed E-state index contributed by atoms with van der Waals surface area (Å²) < 4.78 is 24.6. The monoisotopic (exact) mass is 303 g/mol. The molecule has 1 saturated heterocycles. The summed E-state index contributed by atoms with van der Waals surface area (Å²) >= 11 is 5.70. The van der Waals surface area contributed by atoms with E-state index in [0.29, 0.717) is 24.2 Å². The van der Waals surface area contributed by atoms with Crippen molar-refractivity contribution in [1.82, 2.24) is 14.5 Å². The van der Waals surface area contributed by atoms with Crippen LogP contribution in [0.25, 0.3) is 0 Å². The highest BCUT2D eigenvalue weighted by Crippen LogP contribution is 2.22. The highest BCUT2D eigenvalue weighted by Gasteiger charge is 2.23. The Labute approximate surface area is 119 Å². The Bertz CT molecular complexity index is 518. The first-order valence-corrected chi connectivity index (χ1v) is 8.61. The predicted octanol–water partition coefficient (Wildman–Crippen LogP) is 1.73. The van der Waals surface area contributed by atoms with Gasteiger partial charge in [0.25, 0.3) is 0 Å². The minimum Gasteiger partial charge on any atom is -0.213 e. The molecular weight excluding hydrogens is 286 g/mol. The van der Waals surface area contributed by atoms with Gasteiger partial charge in [0.15, 0.2) is 5.15 Å². The summed E-state index contributed by atoms with van der Waals surface area (Å²) in [6.45, 7) is 1.23. The molecule has 1 fully saturated rings. The normalized spacial score (nSPS) is 22.1. The Hall–Kier alpha value is -0.720. The summed E-state index contributed by atoms with van der Waals surface area (Å²) in [6.07, 6.45) is 4.91. The van der Waals surface area contributed by atoms with Crippen LogP contribution < -0.4 is 0 Å². The Morgan fingerprint density at radius 2 is 2.11 bits per heavy atom. The summed E-state index contributed by atoms with van der Waals surface area (Å²) in [4.78, 5) is 0. The molecule has 7 heteroatoms. The molecule has 0 bridgehead atoms. The number of rotatable bonds is 3. The van der Waals surface area contributed by atoms with Crippen molar-refractivity contribution in [3.05, 3.63) is 23.0 Å². The molecule has 1 aromatic heterocycles. The standard InChI is InChI=1S/C12H18ClN3O2S/c1-19(17,18)16-7-2-3-10(6-8-16)9-11-4-5-12(13)15-14-11/h4-5,10H,2-3,6-9H2,1H3/t10-/m1/s1. The fraction of sp³-hybridized carbons (Fsp3) is 0.667. The van der Waals surface area contributed by atoms with Gasteiger partial charge in [0.1, 0.15) is 0 Å². The van der Waals surface area contributed by atoms with E-state index in [1.165, 1.54) is 6.26 Å². The van der Waals surface area contributed by atoms with Gasteiger partial charge in [-0.3, -0.25) is 0 Å². The van der Waals surface area contributed by atoms with Crippen LogP contribution in [0.5, 0.6) is 0 Å². The third-order valence-corrected chi connectivity index (χ3v) is 4.97. The first-order chi connectivity index (χ1) is 8.95. The molecule has 0 unspecified atom stereocenters. The number of aromatic nitrogens is 2. The fourth-order valence-electron chi connectivity index (χ4n) is 2.42. The molecule has 0 N–H and O–H groups in total. The zero-order valence-electron chi connectivity index (χ0n) is 10.9. The lowest BCUT2D eigenvalue weighted by Crippen LogP contribution is -2.30. The van der Waals surface area contributed by atoms with Crippen LogP contribution in [0.15, 0.2) is 12.1 Å². The lowest BCUT2D eigenvalue weighted by atomic mass is 9.95. The van der Waals surface area contributed by atoms with Gasteiger partial charge in [0.05, 0.1) is 11.9 Å². The third-order valence-electron chi connectivity index (χ3n) is 3.46. The maximum Gasteiger partial charge on any atom is 0.211 e. The van der Waals surface area contributed by atoms with Crippen molar-refractivity contribution in [3.63, 3.8) is 0 Å². The molecule has 2 heterocycles. The first-order valence-electron chi connectivity index (χ1n) is 6.38. The largest absolute Gasteiger partial charge is 0.213 e. The van der Waals surface area contributed by atoms with Gasteiger partial charge in [-0.05, 0) is 43.7 Å². The number of hydrogen-bond acceptors (Lipinski definition) is 4. The Kier molecular flexibility index (Phi) is 4.76. The van der Waals surface area contributed by atoms with Crippen molar-refractivity contribution < 1.29 is 8.42 Å². The van der Waals surface area contributed by atoms with Crippen molar-refractivity contribution in [2.75, 3.05) is 19.3 Å². The van der Waals surface area contributed by atoms with Crippen LogP contribution >= 0.6 is 11.6 Å². The molecule has 0 amide bonds. The minimum absolute atomic E-state index is 0.396. The average Bonchev–Trinajstić information content (AvgIpc) is 2.57. The molecule has 1 atom stereocenters. The number of halogens is 1. The van der Waals surface area contributed by atoms with E-state index < -0.39 is 10.0 Å². The molecule has 0 aromatic carbocycles. The lowest BCUT2D eigenvalue weighted by molar-refractivity contribution is 0.412. The van der Waals surface area contributed by atoms with E-state index >= 15 is 0 Å². The van der Waals surface area contributed by atoms with E-state index in [2.05, 4.69) is 10.2 Å². The SMILES string of the molecule is CS(=O)(=O)N1CCC[C@@H](Cc2ccc(Cl)nn2)CC1. The van der Waals surface area contributed by atoms with Gasteiger partial charge < -0.3 is 0 Å². The quantitative estimate of drug-likeness (QED) is 0.853. The van der Waals surface area contributed by atoms with Crippen LogP contribution in [0.3, 0.4) is 0 Å². The number of nitrogens with zero attached hydrogens (tertiary/aromatic N) is 3. The van der Waals surface area contributed by atoms with Crippen molar-refractivity contribution >= 4 is 21.6 Å². The van der Waals surface area contributed by atoms with Gasteiger partial charge in [-0.1, -0.05) is 11.6 Å². The van der Waals surface area contributed by atoms with E-state index in [1.54, 1.807) is 10.4 Å². The molecule has 5 nitrogen and oxygen atoms in total. The zero-order chi connectivity index (χ0) is 13.9. The van der Waals surface area contributed by atoms with Crippen molar-refractivity contribution in [2.45, 2.75) is 25.7 Å². The minimum atomic E-state index is -3.06. The third kappa shape index (κ3) is 4.40. The fourth-order valence-corrected chi connectivity index (χ4v) is 3.42. The molecule has 0 radical (unpaired) electrons. The second-order valence-electron chi connectivity index (χ2n) is 5.01. The molecule has 2 rings (SSSR count). The molecule has 106 valence electrons. The van der Waals surface area contributed by atoms with Crippen molar-refractivity contribution in [1.29, 1.82) is 0 Å². The van der Waals surface area contributed by atoms with E-state index in [0.717, 1.165) is 31.4 Å². The summed E-state index contributed by atoms with van der Waals surface area (Å²) in [7, 11) is -3.06. The van der Waals surface area contributed by atoms with Gasteiger partial charge in [0, 0.05) is 13.1 Å². The Morgan fingerprint density at radius 1 is 1.32 bits per heavy atom. The number of hydrogen-bond donors (Lipinski definition) is 0. The van der Waals surface area contributed by atoms with E-state index in [-0.39, 0.29) is 0 Å². The average molecular weight is 304 g/mol. The predicted molar refractivity (Wildman–Crippen MR) is 74.5 cm³/mol. The highest BCUT2D eigenvalue weighted by atomic mass is 35.5. The molecule has 0 spiro atoms. The van der Waals surface area contributed by atoms with Crippen LogP contribution in [0, 0.1) is 5.92 Å². The van der Waals surface area contributed by atoms with Crippen molar-refractivity contribution in [2.24, 2.45) is 5.92 Å². The smallest absolute Gasteiger partial charge is 0.211 e. The van der Waals surface area contributed by atoms with E-state index in [9.17, 15) is 8.42 Å². The summed E-state index contributed by atoms with van der Waals surface area (Å²) in [5.74, 6) is 0.460. The van der Waals surface area contributed by atoms with Gasteiger partial charge in [0.2, 0.25) is 10.0 Å². The molecule has 19 heavy (non-hydrogen) atoms. The van der Waals surface area contributed by atoms with Crippen LogP contribution in [0.2, 0.25) is 5.15 Å². The van der Waals surface area contributed by atoms with E-state index in [4.69, 9.17) is 11.6 Å². The van der Waals surface area contributed by atoms with Crippen LogP contribution in [0.4, 0.5) is 0 Å². The van der Waals surface area contributed by atoms with Crippen LogP contribution in [-0.2, 0) is 16.4 Å². The molecule has 1 aromatic rings. The number of sulfonamides is 1. The molecule has 0 aliphatic carbocycles. The van der Waals surface area contributed by atoms with E-state index in [1.807, 2.05) is 6.07 Å². The van der Waals surface area contributed by atoms with Gasteiger partial charge >= 0.3 is 0 Å². The Balaban J connectivity index is 1.94. The zero-order valence-corrected chi connectivity index (χ0v) is 12.5. The van der Waals surface area contributed by atoms with Crippen LogP contribution in [0.1, 0.15) is 25.0 Å². The molecular formula is C12H18ClN3O2S. The molecule has 1 aliphatic heterocycles. The summed E-state index contributed by atoms with van der Waals surface area (Å²) in [5, 5.41) is 8.28. The molecule has 0 saturated carbocycles. The van der Waals surface area contributed by atoms with Crippen molar-refractivity contribution in [3.8, 4) is 0 Å². The second-order valence-corrected chi connectivity index (χ2v) is 7.38. The lowest BCUT2D eigenvalue weighted by Gasteiger charge is -2.17. The maximum atomic E-state index is 11.5. The maximum absolute atomic E-state index is 11.5. The van der Waals surface area contributed by atoms with Gasteiger partial charge in [-0.15, -0.1) is 5.10 Å². The van der Waals surface area contributed by atoms with Gasteiger partial charge in [-0.2, -0.15) is 5.10 Å².